The molecular weight excluding hydrogens is 336 g/mol. The summed E-state index contributed by atoms with van der Waals surface area (Å²) in [5.41, 5.74) is 2.80. The van der Waals surface area contributed by atoms with Crippen molar-refractivity contribution in [1.82, 2.24) is 0 Å². The highest BCUT2D eigenvalue weighted by atomic mass is 32.1. The first kappa shape index (κ1) is 17.5. The number of rotatable bonds is 5. The molecule has 25 heavy (non-hydrogen) atoms. The minimum atomic E-state index is -0.425. The van der Waals surface area contributed by atoms with Gasteiger partial charge in [-0.3, -0.25) is 4.79 Å². The standard InChI is InChI=1S/C19H22N2O3S/c1-4-14-10-15(19(23)24-3)18(25-14)20-17(22)11-21-12(2)9-13-7-5-6-8-16(13)21/h5-8,10,12H,4,9,11H2,1-3H3,(H,20,22). The zero-order valence-corrected chi connectivity index (χ0v) is 15.5. The van der Waals surface area contributed by atoms with Crippen LogP contribution in [-0.2, 0) is 22.4 Å². The van der Waals surface area contributed by atoms with Crippen LogP contribution in [0.5, 0.6) is 0 Å². The Morgan fingerprint density at radius 3 is 2.84 bits per heavy atom. The molecule has 5 nitrogen and oxygen atoms in total. The second-order valence-electron chi connectivity index (χ2n) is 6.16. The van der Waals surface area contributed by atoms with E-state index in [0.29, 0.717) is 10.6 Å². The Morgan fingerprint density at radius 2 is 2.12 bits per heavy atom. The molecule has 1 atom stereocenters. The SMILES string of the molecule is CCc1cc(C(=O)OC)c(NC(=O)CN2c3ccccc3CC2C)s1. The quantitative estimate of drug-likeness (QED) is 0.831. The van der Waals surface area contributed by atoms with Crippen LogP contribution in [0.15, 0.2) is 30.3 Å². The van der Waals surface area contributed by atoms with Crippen molar-refractivity contribution in [2.75, 3.05) is 23.9 Å². The second-order valence-corrected chi connectivity index (χ2v) is 7.30. The van der Waals surface area contributed by atoms with Gasteiger partial charge in [-0.15, -0.1) is 11.3 Å². The van der Waals surface area contributed by atoms with Crippen LogP contribution in [0.2, 0.25) is 0 Å². The summed E-state index contributed by atoms with van der Waals surface area (Å²) < 4.78 is 4.82. The lowest BCUT2D eigenvalue weighted by molar-refractivity contribution is -0.115. The molecule has 0 fully saturated rings. The molecule has 3 rings (SSSR count). The van der Waals surface area contributed by atoms with Crippen LogP contribution in [0.3, 0.4) is 0 Å². The molecule has 0 radical (unpaired) electrons. The van der Waals surface area contributed by atoms with Crippen molar-refractivity contribution in [3.63, 3.8) is 0 Å². The third-order valence-corrected chi connectivity index (χ3v) is 5.65. The number of carbonyl (C=O) groups is 2. The molecule has 0 aliphatic carbocycles. The Labute approximate surface area is 151 Å². The average Bonchev–Trinajstić information content (AvgIpc) is 3.15. The number of aryl methyl sites for hydroxylation is 1. The average molecular weight is 358 g/mol. The van der Waals surface area contributed by atoms with Crippen LogP contribution in [0.25, 0.3) is 0 Å². The number of hydrogen-bond acceptors (Lipinski definition) is 5. The van der Waals surface area contributed by atoms with Crippen LogP contribution in [-0.4, -0.2) is 31.6 Å². The van der Waals surface area contributed by atoms with E-state index in [2.05, 4.69) is 23.2 Å². The number of carbonyl (C=O) groups excluding carboxylic acids is 2. The van der Waals surface area contributed by atoms with E-state index in [1.165, 1.54) is 24.0 Å². The van der Waals surface area contributed by atoms with E-state index in [-0.39, 0.29) is 18.5 Å². The number of thiophene rings is 1. The predicted octanol–water partition coefficient (Wildman–Crippen LogP) is 3.49. The van der Waals surface area contributed by atoms with Gasteiger partial charge in [-0.2, -0.15) is 0 Å². The molecule has 2 heterocycles. The zero-order chi connectivity index (χ0) is 18.0. The summed E-state index contributed by atoms with van der Waals surface area (Å²) in [7, 11) is 1.35. The summed E-state index contributed by atoms with van der Waals surface area (Å²) in [5.74, 6) is -0.552. The summed E-state index contributed by atoms with van der Waals surface area (Å²) in [4.78, 5) is 27.7. The van der Waals surface area contributed by atoms with E-state index in [9.17, 15) is 9.59 Å². The van der Waals surface area contributed by atoms with E-state index in [4.69, 9.17) is 4.74 Å². The summed E-state index contributed by atoms with van der Waals surface area (Å²) >= 11 is 1.42. The highest BCUT2D eigenvalue weighted by molar-refractivity contribution is 7.16. The molecule has 0 spiro atoms. The molecule has 1 aromatic heterocycles. The Bertz CT molecular complexity index is 800. The first-order valence-electron chi connectivity index (χ1n) is 8.38. The normalized spacial score (nSPS) is 15.8. The molecule has 132 valence electrons. The van der Waals surface area contributed by atoms with Crippen molar-refractivity contribution >= 4 is 33.9 Å². The number of ether oxygens (including phenoxy) is 1. The van der Waals surface area contributed by atoms with Gasteiger partial charge in [0.05, 0.1) is 19.2 Å². The van der Waals surface area contributed by atoms with Gasteiger partial charge in [0.25, 0.3) is 0 Å². The van der Waals surface area contributed by atoms with Crippen molar-refractivity contribution in [2.24, 2.45) is 0 Å². The maximum atomic E-state index is 12.6. The highest BCUT2D eigenvalue weighted by Gasteiger charge is 2.27. The van der Waals surface area contributed by atoms with Gasteiger partial charge in [-0.25, -0.2) is 4.79 Å². The molecule has 1 aromatic carbocycles. The number of anilines is 2. The molecule has 1 aliphatic heterocycles. The maximum Gasteiger partial charge on any atom is 0.340 e. The van der Waals surface area contributed by atoms with Crippen molar-refractivity contribution < 1.29 is 14.3 Å². The summed E-state index contributed by atoms with van der Waals surface area (Å²) in [6.07, 6.45) is 1.75. The number of nitrogens with zero attached hydrogens (tertiary/aromatic N) is 1. The van der Waals surface area contributed by atoms with Gasteiger partial charge in [-0.1, -0.05) is 25.1 Å². The van der Waals surface area contributed by atoms with Crippen molar-refractivity contribution in [3.8, 4) is 0 Å². The van der Waals surface area contributed by atoms with E-state index in [1.807, 2.05) is 25.1 Å². The van der Waals surface area contributed by atoms with E-state index in [0.717, 1.165) is 23.4 Å². The predicted molar refractivity (Wildman–Crippen MR) is 101 cm³/mol. The van der Waals surface area contributed by atoms with Gasteiger partial charge >= 0.3 is 5.97 Å². The van der Waals surface area contributed by atoms with Crippen LogP contribution in [0.4, 0.5) is 10.7 Å². The van der Waals surface area contributed by atoms with Crippen LogP contribution < -0.4 is 10.2 Å². The van der Waals surface area contributed by atoms with Crippen molar-refractivity contribution in [1.29, 1.82) is 0 Å². The Hall–Kier alpha value is -2.34. The molecule has 0 saturated heterocycles. The number of amides is 1. The van der Waals surface area contributed by atoms with Gasteiger partial charge in [-0.05, 0) is 37.5 Å². The molecule has 2 aromatic rings. The first-order valence-corrected chi connectivity index (χ1v) is 9.20. The Balaban J connectivity index is 1.75. The molecule has 1 N–H and O–H groups in total. The number of nitrogens with one attached hydrogen (secondary N) is 1. The fourth-order valence-electron chi connectivity index (χ4n) is 3.16. The monoisotopic (exact) mass is 358 g/mol. The van der Waals surface area contributed by atoms with Crippen LogP contribution in [0.1, 0.15) is 34.6 Å². The number of esters is 1. The number of hydrogen-bond donors (Lipinski definition) is 1. The summed E-state index contributed by atoms with van der Waals surface area (Å²) in [5, 5.41) is 3.46. The maximum absolute atomic E-state index is 12.6. The number of para-hydroxylation sites is 1. The second kappa shape index (κ2) is 7.27. The van der Waals surface area contributed by atoms with E-state index < -0.39 is 5.97 Å². The van der Waals surface area contributed by atoms with Crippen molar-refractivity contribution in [3.05, 3.63) is 46.3 Å². The van der Waals surface area contributed by atoms with Gasteiger partial charge < -0.3 is 15.0 Å². The lowest BCUT2D eigenvalue weighted by Gasteiger charge is -2.24. The van der Waals surface area contributed by atoms with Crippen LogP contribution >= 0.6 is 11.3 Å². The highest BCUT2D eigenvalue weighted by Crippen LogP contribution is 2.32. The van der Waals surface area contributed by atoms with Gasteiger partial charge in [0.1, 0.15) is 5.00 Å². The first-order chi connectivity index (χ1) is 12.0. The zero-order valence-electron chi connectivity index (χ0n) is 14.7. The Morgan fingerprint density at radius 1 is 1.36 bits per heavy atom. The number of benzene rings is 1. The number of methoxy groups -OCH3 is 1. The summed E-state index contributed by atoms with van der Waals surface area (Å²) in [6.45, 7) is 4.40. The van der Waals surface area contributed by atoms with Crippen LogP contribution in [0, 0.1) is 0 Å². The molecule has 0 saturated carbocycles. The van der Waals surface area contributed by atoms with Gasteiger partial charge in [0, 0.05) is 16.6 Å². The molecule has 1 aliphatic rings. The minimum absolute atomic E-state index is 0.127. The minimum Gasteiger partial charge on any atom is -0.465 e. The smallest absolute Gasteiger partial charge is 0.340 e. The van der Waals surface area contributed by atoms with E-state index >= 15 is 0 Å². The third-order valence-electron chi connectivity index (χ3n) is 4.45. The molecule has 1 amide bonds. The Kier molecular flexibility index (Phi) is 5.08. The molecule has 0 bridgehead atoms. The van der Waals surface area contributed by atoms with Gasteiger partial charge in [0.15, 0.2) is 0 Å². The topological polar surface area (TPSA) is 58.6 Å². The third kappa shape index (κ3) is 3.54. The summed E-state index contributed by atoms with van der Waals surface area (Å²) in [6, 6.07) is 10.2. The van der Waals surface area contributed by atoms with Crippen molar-refractivity contribution in [2.45, 2.75) is 32.7 Å². The number of fused-ring (bicyclic) bond motifs is 1. The fourth-order valence-corrected chi connectivity index (χ4v) is 4.16. The molecule has 6 heteroatoms. The molecule has 1 unspecified atom stereocenters. The largest absolute Gasteiger partial charge is 0.465 e. The molecular formula is C19H22N2O3S. The lowest BCUT2D eigenvalue weighted by Crippen LogP contribution is -2.37. The fraction of sp³-hybridized carbons (Fsp3) is 0.368. The lowest BCUT2D eigenvalue weighted by atomic mass is 10.1. The van der Waals surface area contributed by atoms with E-state index in [1.54, 1.807) is 6.07 Å². The van der Waals surface area contributed by atoms with Gasteiger partial charge in [0.2, 0.25) is 5.91 Å².